The van der Waals surface area contributed by atoms with E-state index in [4.69, 9.17) is 26.1 Å². The second kappa shape index (κ2) is 19.4. The summed E-state index contributed by atoms with van der Waals surface area (Å²) in [7, 11) is 3.29. The summed E-state index contributed by atoms with van der Waals surface area (Å²) in [6.07, 6.45) is 5.56. The van der Waals surface area contributed by atoms with Gasteiger partial charge in [-0.3, -0.25) is 9.80 Å². The van der Waals surface area contributed by atoms with E-state index >= 15 is 0 Å². The standard InChI is InChI=1S/C20H22ClN5OS.C20H22FN5OS/c2*1-27-18-13-15(5-7-22-18)6-8-25-9-11-26(12-10-25)20-23-19(24-28-20)16-3-2-4-17(21)14-16/h2*2-5,7,13-14H,6,8-12H2,1H3. The molecular formula is C40H44ClFN10O2S2. The molecule has 8 rings (SSSR count). The SMILES string of the molecule is COc1cc(CCN2CCN(c3nc(-c4cccc(Cl)c4)ns3)CC2)ccn1.COc1cc(CCN2CCN(c3nc(-c4cccc(F)c4)ns3)CC2)ccn1. The van der Waals surface area contributed by atoms with Crippen molar-refractivity contribution in [2.24, 2.45) is 0 Å². The molecule has 0 saturated carbocycles. The lowest BCUT2D eigenvalue weighted by molar-refractivity contribution is 0.261. The highest BCUT2D eigenvalue weighted by Crippen LogP contribution is 2.27. The first kappa shape index (κ1) is 39.4. The topological polar surface area (TPSA) is 109 Å². The van der Waals surface area contributed by atoms with Gasteiger partial charge in [0, 0.05) is 129 Å². The van der Waals surface area contributed by atoms with Crippen molar-refractivity contribution in [1.82, 2.24) is 38.5 Å². The summed E-state index contributed by atoms with van der Waals surface area (Å²) < 4.78 is 32.7. The Labute approximate surface area is 339 Å². The largest absolute Gasteiger partial charge is 0.481 e. The number of aromatic nitrogens is 6. The predicted octanol–water partition coefficient (Wildman–Crippen LogP) is 6.74. The molecule has 2 aromatic carbocycles. The zero-order valence-corrected chi connectivity index (χ0v) is 33.8. The van der Waals surface area contributed by atoms with Crippen LogP contribution in [0.15, 0.2) is 85.2 Å². The second-order valence-corrected chi connectivity index (χ2v) is 15.3. The van der Waals surface area contributed by atoms with Crippen molar-refractivity contribution in [3.8, 4) is 34.5 Å². The molecule has 0 radical (unpaired) electrons. The molecule has 2 aliphatic rings. The number of piperazine rings is 2. The van der Waals surface area contributed by atoms with Crippen LogP contribution in [0.1, 0.15) is 11.1 Å². The van der Waals surface area contributed by atoms with Crippen molar-refractivity contribution in [1.29, 1.82) is 0 Å². The number of nitrogens with zero attached hydrogens (tertiary/aromatic N) is 10. The van der Waals surface area contributed by atoms with Gasteiger partial charge in [-0.05, 0) is 60.4 Å². The number of benzene rings is 2. The molecule has 4 aromatic heterocycles. The Bertz CT molecular complexity index is 2010. The van der Waals surface area contributed by atoms with Crippen molar-refractivity contribution in [2.45, 2.75) is 12.8 Å². The van der Waals surface area contributed by atoms with Crippen LogP contribution in [0, 0.1) is 5.82 Å². The minimum atomic E-state index is -0.269. The minimum Gasteiger partial charge on any atom is -0.481 e. The molecule has 6 heterocycles. The van der Waals surface area contributed by atoms with Crippen molar-refractivity contribution >= 4 is 44.9 Å². The molecule has 16 heteroatoms. The molecule has 0 aliphatic carbocycles. The summed E-state index contributed by atoms with van der Waals surface area (Å²) in [6, 6.07) is 22.2. The van der Waals surface area contributed by atoms with Crippen LogP contribution in [0.4, 0.5) is 14.7 Å². The Hall–Kier alpha value is -4.80. The van der Waals surface area contributed by atoms with Gasteiger partial charge in [-0.2, -0.15) is 18.7 Å². The number of anilines is 2. The van der Waals surface area contributed by atoms with Crippen LogP contribution in [-0.4, -0.2) is 118 Å². The second-order valence-electron chi connectivity index (χ2n) is 13.4. The first-order valence-electron chi connectivity index (χ1n) is 18.5. The number of methoxy groups -OCH3 is 2. The van der Waals surface area contributed by atoms with Gasteiger partial charge >= 0.3 is 0 Å². The third-order valence-electron chi connectivity index (χ3n) is 9.73. The summed E-state index contributed by atoms with van der Waals surface area (Å²) >= 11 is 8.91. The highest BCUT2D eigenvalue weighted by atomic mass is 35.5. The van der Waals surface area contributed by atoms with Crippen molar-refractivity contribution in [3.05, 3.63) is 107 Å². The average Bonchev–Trinajstić information content (AvgIpc) is 3.95. The van der Waals surface area contributed by atoms with Crippen LogP contribution in [-0.2, 0) is 12.8 Å². The number of pyridine rings is 2. The van der Waals surface area contributed by atoms with E-state index in [-0.39, 0.29) is 5.82 Å². The summed E-state index contributed by atoms with van der Waals surface area (Å²) in [4.78, 5) is 27.2. The van der Waals surface area contributed by atoms with Gasteiger partial charge in [-0.15, -0.1) is 0 Å². The van der Waals surface area contributed by atoms with Gasteiger partial charge in [-0.25, -0.2) is 14.4 Å². The number of hydrogen-bond donors (Lipinski definition) is 0. The van der Waals surface area contributed by atoms with Gasteiger partial charge in [0.15, 0.2) is 11.6 Å². The lowest BCUT2D eigenvalue weighted by atomic mass is 10.2. The number of rotatable bonds is 12. The van der Waals surface area contributed by atoms with Crippen molar-refractivity contribution < 1.29 is 13.9 Å². The van der Waals surface area contributed by atoms with E-state index in [1.54, 1.807) is 32.7 Å². The Kier molecular flexibility index (Phi) is 13.6. The number of ether oxygens (including phenoxy) is 2. The Balaban J connectivity index is 0.000000172. The summed E-state index contributed by atoms with van der Waals surface area (Å²) in [5.41, 5.74) is 4.16. The maximum atomic E-state index is 13.4. The molecule has 12 nitrogen and oxygen atoms in total. The molecule has 6 aromatic rings. The molecule has 0 amide bonds. The molecular weight excluding hydrogens is 771 g/mol. The van der Waals surface area contributed by atoms with E-state index < -0.39 is 0 Å². The third kappa shape index (κ3) is 10.7. The summed E-state index contributed by atoms with van der Waals surface area (Å²) in [6.45, 7) is 9.80. The van der Waals surface area contributed by atoms with E-state index in [2.05, 4.69) is 49.4 Å². The fourth-order valence-electron chi connectivity index (χ4n) is 6.51. The molecule has 0 spiro atoms. The smallest absolute Gasteiger partial charge is 0.213 e. The zero-order chi connectivity index (χ0) is 38.7. The quantitative estimate of drug-likeness (QED) is 0.131. The van der Waals surface area contributed by atoms with E-state index in [1.165, 1.54) is 46.3 Å². The highest BCUT2D eigenvalue weighted by molar-refractivity contribution is 7.10. The van der Waals surface area contributed by atoms with E-state index in [1.807, 2.05) is 48.5 Å². The van der Waals surface area contributed by atoms with E-state index in [0.717, 1.165) is 99.9 Å². The van der Waals surface area contributed by atoms with Crippen LogP contribution in [0.3, 0.4) is 0 Å². The average molecular weight is 815 g/mol. The van der Waals surface area contributed by atoms with Gasteiger partial charge in [0.05, 0.1) is 14.2 Å². The fourth-order valence-corrected chi connectivity index (χ4v) is 8.18. The number of hydrogen-bond acceptors (Lipinski definition) is 14. The molecule has 2 saturated heterocycles. The summed E-state index contributed by atoms with van der Waals surface area (Å²) in [5, 5.41) is 2.58. The first-order valence-corrected chi connectivity index (χ1v) is 20.5. The van der Waals surface area contributed by atoms with Crippen molar-refractivity contribution in [3.63, 3.8) is 0 Å². The lowest BCUT2D eigenvalue weighted by Crippen LogP contribution is -2.47. The van der Waals surface area contributed by atoms with Gasteiger partial charge in [0.1, 0.15) is 5.82 Å². The Morgan fingerprint density at radius 2 is 1.11 bits per heavy atom. The lowest BCUT2D eigenvalue weighted by Gasteiger charge is -2.34. The van der Waals surface area contributed by atoms with Crippen LogP contribution < -0.4 is 19.3 Å². The molecule has 0 bridgehead atoms. The maximum Gasteiger partial charge on any atom is 0.213 e. The first-order chi connectivity index (χ1) is 27.4. The zero-order valence-electron chi connectivity index (χ0n) is 31.4. The Morgan fingerprint density at radius 1 is 0.625 bits per heavy atom. The van der Waals surface area contributed by atoms with Crippen molar-refractivity contribution in [2.75, 3.05) is 89.5 Å². The third-order valence-corrected chi connectivity index (χ3v) is 11.5. The van der Waals surface area contributed by atoms with Crippen LogP contribution in [0.2, 0.25) is 5.02 Å². The fraction of sp³-hybridized carbons (Fsp3) is 0.350. The van der Waals surface area contributed by atoms with Gasteiger partial charge in [0.2, 0.25) is 22.0 Å². The van der Waals surface area contributed by atoms with E-state index in [9.17, 15) is 4.39 Å². The van der Waals surface area contributed by atoms with E-state index in [0.29, 0.717) is 28.2 Å². The number of halogens is 2. The highest BCUT2D eigenvalue weighted by Gasteiger charge is 2.22. The van der Waals surface area contributed by atoms with Gasteiger partial charge < -0.3 is 19.3 Å². The molecule has 0 N–H and O–H groups in total. The van der Waals surface area contributed by atoms with Gasteiger partial charge in [0.25, 0.3) is 0 Å². The predicted molar refractivity (Wildman–Crippen MR) is 222 cm³/mol. The maximum absolute atomic E-state index is 13.4. The Morgan fingerprint density at radius 3 is 1.57 bits per heavy atom. The minimum absolute atomic E-state index is 0.269. The van der Waals surface area contributed by atoms with Crippen LogP contribution in [0.25, 0.3) is 22.8 Å². The molecule has 56 heavy (non-hydrogen) atoms. The molecule has 0 atom stereocenters. The molecule has 0 unspecified atom stereocenters. The monoisotopic (exact) mass is 814 g/mol. The molecule has 2 aliphatic heterocycles. The molecule has 292 valence electrons. The van der Waals surface area contributed by atoms with Crippen LogP contribution in [0.5, 0.6) is 11.8 Å². The normalized spacial score (nSPS) is 15.0. The summed E-state index contributed by atoms with van der Waals surface area (Å²) in [5.74, 6) is 2.40. The van der Waals surface area contributed by atoms with Crippen LogP contribution >= 0.6 is 34.7 Å². The molecule has 2 fully saturated rings. The van der Waals surface area contributed by atoms with Gasteiger partial charge in [-0.1, -0.05) is 35.9 Å².